The molecule has 0 aliphatic carbocycles. The molecule has 0 fully saturated rings. The van der Waals surface area contributed by atoms with Crippen LogP contribution < -0.4 is 15.0 Å². The number of rotatable bonds is 3. The van der Waals surface area contributed by atoms with Crippen LogP contribution in [0.5, 0.6) is 11.5 Å². The van der Waals surface area contributed by atoms with Crippen molar-refractivity contribution in [3.8, 4) is 11.5 Å². The number of aromatic nitrogens is 1. The summed E-state index contributed by atoms with van der Waals surface area (Å²) >= 11 is 6.21. The molecule has 8 heteroatoms. The van der Waals surface area contributed by atoms with Crippen LogP contribution in [0.1, 0.15) is 12.0 Å². The molecule has 0 saturated carbocycles. The zero-order valence-electron chi connectivity index (χ0n) is 12.0. The third-order valence-corrected chi connectivity index (χ3v) is 3.67. The number of fused-ring (bicyclic) bond motifs is 1. The van der Waals surface area contributed by atoms with Gasteiger partial charge < -0.3 is 14.0 Å². The number of nitro groups is 1. The lowest BCUT2D eigenvalue weighted by Crippen LogP contribution is -2.19. The first-order chi connectivity index (χ1) is 11.0. The van der Waals surface area contributed by atoms with Crippen LogP contribution in [0.25, 0.3) is 0 Å². The van der Waals surface area contributed by atoms with Crippen molar-refractivity contribution in [2.24, 2.45) is 0 Å². The Hall–Kier alpha value is -2.54. The molecule has 2 heterocycles. The van der Waals surface area contributed by atoms with Gasteiger partial charge in [0.1, 0.15) is 0 Å². The number of ether oxygens (including phenoxy) is 2. The molecule has 0 unspecified atom stereocenters. The number of benzene rings is 1. The molecule has 0 atom stereocenters. The van der Waals surface area contributed by atoms with E-state index in [4.69, 9.17) is 21.1 Å². The van der Waals surface area contributed by atoms with E-state index in [9.17, 15) is 14.9 Å². The Morgan fingerprint density at radius 2 is 2.04 bits per heavy atom. The van der Waals surface area contributed by atoms with Gasteiger partial charge in [0.05, 0.1) is 35.9 Å². The molecular formula is C15H13ClN2O5. The molecule has 0 saturated heterocycles. The third-order valence-electron chi connectivity index (χ3n) is 3.39. The summed E-state index contributed by atoms with van der Waals surface area (Å²) in [7, 11) is 0. The summed E-state index contributed by atoms with van der Waals surface area (Å²) in [5, 5.41) is 11.2. The Labute approximate surface area is 136 Å². The molecule has 0 radical (unpaired) electrons. The summed E-state index contributed by atoms with van der Waals surface area (Å²) in [5.74, 6) is 1.00. The molecule has 1 aliphatic rings. The van der Waals surface area contributed by atoms with E-state index in [1.165, 1.54) is 22.9 Å². The zero-order valence-corrected chi connectivity index (χ0v) is 12.8. The number of pyridine rings is 1. The molecule has 3 rings (SSSR count). The first-order valence-corrected chi connectivity index (χ1v) is 7.35. The fourth-order valence-electron chi connectivity index (χ4n) is 2.32. The normalized spacial score (nSPS) is 13.4. The minimum atomic E-state index is -0.545. The lowest BCUT2D eigenvalue weighted by molar-refractivity contribution is -0.385. The Morgan fingerprint density at radius 1 is 1.26 bits per heavy atom. The number of halogens is 1. The maximum absolute atomic E-state index is 11.9. The summed E-state index contributed by atoms with van der Waals surface area (Å²) in [4.78, 5) is 22.2. The lowest BCUT2D eigenvalue weighted by Gasteiger charge is -2.12. The number of hydrogen-bond donors (Lipinski definition) is 0. The van der Waals surface area contributed by atoms with Gasteiger partial charge in [0.25, 0.3) is 11.2 Å². The van der Waals surface area contributed by atoms with Crippen LogP contribution in [0.4, 0.5) is 5.69 Å². The largest absolute Gasteiger partial charge is 0.489 e. The highest BCUT2D eigenvalue weighted by molar-refractivity contribution is 6.32. The second-order valence-corrected chi connectivity index (χ2v) is 5.47. The highest BCUT2D eigenvalue weighted by Gasteiger charge is 2.16. The average Bonchev–Trinajstić information content (AvgIpc) is 2.75. The Bertz CT molecular complexity index is 818. The van der Waals surface area contributed by atoms with Gasteiger partial charge in [0.2, 0.25) is 0 Å². The molecule has 0 spiro atoms. The summed E-state index contributed by atoms with van der Waals surface area (Å²) in [6.45, 7) is 1.19. The predicted molar refractivity (Wildman–Crippen MR) is 83.5 cm³/mol. The molecular weight excluding hydrogens is 324 g/mol. The van der Waals surface area contributed by atoms with Crippen LogP contribution in [0.3, 0.4) is 0 Å². The van der Waals surface area contributed by atoms with Gasteiger partial charge in [-0.05, 0) is 17.7 Å². The van der Waals surface area contributed by atoms with Crippen molar-refractivity contribution in [2.45, 2.75) is 13.0 Å². The summed E-state index contributed by atoms with van der Waals surface area (Å²) in [6.07, 6.45) is 1.96. The van der Waals surface area contributed by atoms with E-state index in [2.05, 4.69) is 0 Å². The molecule has 0 N–H and O–H groups in total. The molecule has 1 aromatic carbocycles. The minimum Gasteiger partial charge on any atom is -0.489 e. The van der Waals surface area contributed by atoms with Crippen LogP contribution >= 0.6 is 11.6 Å². The van der Waals surface area contributed by atoms with E-state index < -0.39 is 4.92 Å². The quantitative estimate of drug-likeness (QED) is 0.635. The molecule has 0 amide bonds. The number of hydrogen-bond acceptors (Lipinski definition) is 5. The van der Waals surface area contributed by atoms with Crippen molar-refractivity contribution in [2.75, 3.05) is 13.2 Å². The van der Waals surface area contributed by atoms with E-state index in [0.29, 0.717) is 35.3 Å². The molecule has 1 aromatic heterocycles. The topological polar surface area (TPSA) is 83.6 Å². The van der Waals surface area contributed by atoms with Gasteiger partial charge in [-0.3, -0.25) is 14.9 Å². The Morgan fingerprint density at radius 3 is 2.83 bits per heavy atom. The van der Waals surface area contributed by atoms with E-state index in [1.807, 2.05) is 0 Å². The van der Waals surface area contributed by atoms with Crippen molar-refractivity contribution in [3.63, 3.8) is 0 Å². The first-order valence-electron chi connectivity index (χ1n) is 6.97. The van der Waals surface area contributed by atoms with Crippen LogP contribution in [0.2, 0.25) is 5.02 Å². The summed E-state index contributed by atoms with van der Waals surface area (Å²) < 4.78 is 12.4. The van der Waals surface area contributed by atoms with Gasteiger partial charge in [-0.2, -0.15) is 0 Å². The Kier molecular flexibility index (Phi) is 4.20. The first kappa shape index (κ1) is 15.4. The highest BCUT2D eigenvalue weighted by Crippen LogP contribution is 2.38. The molecule has 23 heavy (non-hydrogen) atoms. The second kappa shape index (κ2) is 6.29. The monoisotopic (exact) mass is 336 g/mol. The van der Waals surface area contributed by atoms with Gasteiger partial charge in [0.15, 0.2) is 11.5 Å². The van der Waals surface area contributed by atoms with E-state index in [0.717, 1.165) is 6.42 Å². The predicted octanol–water partition coefficient (Wildman–Crippen LogP) is 2.62. The molecule has 0 bridgehead atoms. The van der Waals surface area contributed by atoms with Gasteiger partial charge in [0, 0.05) is 18.6 Å². The van der Waals surface area contributed by atoms with Crippen LogP contribution in [0.15, 0.2) is 35.3 Å². The average molecular weight is 337 g/mol. The molecule has 7 nitrogen and oxygen atoms in total. The van der Waals surface area contributed by atoms with Gasteiger partial charge in [-0.1, -0.05) is 11.6 Å². The molecule has 120 valence electrons. The van der Waals surface area contributed by atoms with Crippen molar-refractivity contribution in [1.29, 1.82) is 0 Å². The smallest absolute Gasteiger partial charge is 0.285 e. The maximum Gasteiger partial charge on any atom is 0.285 e. The fourth-order valence-corrected chi connectivity index (χ4v) is 2.61. The van der Waals surface area contributed by atoms with Crippen LogP contribution in [-0.4, -0.2) is 22.7 Å². The highest BCUT2D eigenvalue weighted by atomic mass is 35.5. The van der Waals surface area contributed by atoms with Crippen LogP contribution in [-0.2, 0) is 6.54 Å². The molecule has 1 aliphatic heterocycles. The van der Waals surface area contributed by atoms with E-state index in [-0.39, 0.29) is 17.8 Å². The standard InChI is InChI=1S/C15H13ClN2O5/c16-12-6-10(7-13-15(12)23-5-1-4-22-13)8-17-9-11(18(20)21)2-3-14(17)19/h2-3,6-7,9H,1,4-5,8H2. The van der Waals surface area contributed by atoms with E-state index >= 15 is 0 Å². The fraction of sp³-hybridized carbons (Fsp3) is 0.267. The van der Waals surface area contributed by atoms with E-state index in [1.54, 1.807) is 12.1 Å². The zero-order chi connectivity index (χ0) is 16.4. The van der Waals surface area contributed by atoms with Gasteiger partial charge in [-0.15, -0.1) is 0 Å². The summed E-state index contributed by atoms with van der Waals surface area (Å²) in [6, 6.07) is 5.75. The van der Waals surface area contributed by atoms with Crippen molar-refractivity contribution >= 4 is 17.3 Å². The van der Waals surface area contributed by atoms with Gasteiger partial charge in [-0.25, -0.2) is 0 Å². The maximum atomic E-state index is 11.9. The number of nitrogens with zero attached hydrogens (tertiary/aromatic N) is 2. The van der Waals surface area contributed by atoms with Crippen molar-refractivity contribution in [3.05, 3.63) is 61.5 Å². The third kappa shape index (κ3) is 3.29. The lowest BCUT2D eigenvalue weighted by atomic mass is 10.2. The SMILES string of the molecule is O=c1ccc([N+](=O)[O-])cn1Cc1cc(Cl)c2c(c1)OCCCO2. The Balaban J connectivity index is 1.96. The second-order valence-electron chi connectivity index (χ2n) is 5.07. The molecule has 2 aromatic rings. The van der Waals surface area contributed by atoms with Crippen LogP contribution in [0, 0.1) is 10.1 Å². The summed E-state index contributed by atoms with van der Waals surface area (Å²) in [5.41, 5.74) is 0.214. The van der Waals surface area contributed by atoms with Crippen molar-refractivity contribution in [1.82, 2.24) is 4.57 Å². The van der Waals surface area contributed by atoms with Gasteiger partial charge >= 0.3 is 0 Å². The minimum absolute atomic E-state index is 0.148. The van der Waals surface area contributed by atoms with Crippen molar-refractivity contribution < 1.29 is 14.4 Å².